The second-order valence-electron chi connectivity index (χ2n) is 3.60. The number of hydrogen-bond donors (Lipinski definition) is 1. The van der Waals surface area contributed by atoms with E-state index in [0.29, 0.717) is 5.75 Å². The number of carbonyl (C=O) groups excluding carboxylic acids is 1. The molecule has 74 valence electrons. The van der Waals surface area contributed by atoms with E-state index in [-0.39, 0.29) is 11.9 Å². The lowest BCUT2D eigenvalue weighted by Gasteiger charge is -2.22. The molecule has 1 aliphatic heterocycles. The molecule has 2 N–H and O–H groups in total. The van der Waals surface area contributed by atoms with E-state index in [1.807, 2.05) is 13.0 Å². The van der Waals surface area contributed by atoms with Crippen LogP contribution in [0.2, 0.25) is 0 Å². The normalized spacial score (nSPS) is 20.1. The van der Waals surface area contributed by atoms with Gasteiger partial charge >= 0.3 is 5.97 Å². The molecule has 1 aromatic rings. The van der Waals surface area contributed by atoms with Gasteiger partial charge in [0.05, 0.1) is 5.92 Å². The fourth-order valence-corrected chi connectivity index (χ4v) is 1.71. The largest absolute Gasteiger partial charge is 0.426 e. The molecular weight excluding hydrogens is 178 g/mol. The Balaban J connectivity index is 2.36. The first-order valence-corrected chi connectivity index (χ1v) is 4.80. The second-order valence-corrected chi connectivity index (χ2v) is 3.60. The van der Waals surface area contributed by atoms with Crippen LogP contribution < -0.4 is 10.5 Å². The maximum atomic E-state index is 11.4. The van der Waals surface area contributed by atoms with Gasteiger partial charge in [0.2, 0.25) is 0 Å². The number of benzene rings is 1. The Morgan fingerprint density at radius 2 is 2.36 bits per heavy atom. The molecular formula is C11H13NO2. The maximum Gasteiger partial charge on any atom is 0.314 e. The standard InChI is InChI=1S/C11H13NO2/c1-2-7-5-8-6-9(12)3-4-10(8)14-11(7)13/h3-4,6-7H,2,5,12H2,1H3. The molecule has 0 spiro atoms. The monoisotopic (exact) mass is 191 g/mol. The van der Waals surface area contributed by atoms with Gasteiger partial charge in [0.25, 0.3) is 0 Å². The molecule has 0 fully saturated rings. The van der Waals surface area contributed by atoms with Crippen molar-refractivity contribution >= 4 is 11.7 Å². The summed E-state index contributed by atoms with van der Waals surface area (Å²) in [6.07, 6.45) is 1.56. The van der Waals surface area contributed by atoms with E-state index >= 15 is 0 Å². The summed E-state index contributed by atoms with van der Waals surface area (Å²) in [7, 11) is 0. The molecule has 0 amide bonds. The highest BCUT2D eigenvalue weighted by atomic mass is 16.5. The summed E-state index contributed by atoms with van der Waals surface area (Å²) < 4.78 is 5.20. The third-order valence-electron chi connectivity index (χ3n) is 2.59. The van der Waals surface area contributed by atoms with Crippen molar-refractivity contribution in [2.24, 2.45) is 5.92 Å². The first kappa shape index (κ1) is 9.06. The van der Waals surface area contributed by atoms with Crippen molar-refractivity contribution in [3.63, 3.8) is 0 Å². The van der Waals surface area contributed by atoms with Crippen molar-refractivity contribution in [3.8, 4) is 5.75 Å². The highest BCUT2D eigenvalue weighted by Crippen LogP contribution is 2.30. The molecule has 0 aliphatic carbocycles. The number of ether oxygens (including phenoxy) is 1. The number of rotatable bonds is 1. The summed E-state index contributed by atoms with van der Waals surface area (Å²) in [4.78, 5) is 11.4. The Morgan fingerprint density at radius 3 is 3.07 bits per heavy atom. The van der Waals surface area contributed by atoms with E-state index in [1.165, 1.54) is 0 Å². The van der Waals surface area contributed by atoms with E-state index in [0.717, 1.165) is 24.1 Å². The minimum Gasteiger partial charge on any atom is -0.426 e. The summed E-state index contributed by atoms with van der Waals surface area (Å²) in [5, 5.41) is 0. The van der Waals surface area contributed by atoms with Crippen LogP contribution in [-0.4, -0.2) is 5.97 Å². The quantitative estimate of drug-likeness (QED) is 0.418. The van der Waals surface area contributed by atoms with Gasteiger partial charge in [-0.3, -0.25) is 4.79 Å². The Morgan fingerprint density at radius 1 is 1.57 bits per heavy atom. The minimum absolute atomic E-state index is 0.00991. The smallest absolute Gasteiger partial charge is 0.314 e. The van der Waals surface area contributed by atoms with Gasteiger partial charge in [0, 0.05) is 5.69 Å². The Hall–Kier alpha value is -1.51. The average Bonchev–Trinajstić information content (AvgIpc) is 2.17. The lowest BCUT2D eigenvalue weighted by atomic mass is 9.94. The van der Waals surface area contributed by atoms with E-state index in [1.54, 1.807) is 12.1 Å². The van der Waals surface area contributed by atoms with Gasteiger partial charge in [0.15, 0.2) is 0 Å². The SMILES string of the molecule is CCC1Cc2cc(N)ccc2OC1=O. The predicted octanol–water partition coefficient (Wildman–Crippen LogP) is 1.76. The lowest BCUT2D eigenvalue weighted by Crippen LogP contribution is -2.27. The molecule has 0 saturated carbocycles. The average molecular weight is 191 g/mol. The van der Waals surface area contributed by atoms with Crippen LogP contribution in [-0.2, 0) is 11.2 Å². The zero-order chi connectivity index (χ0) is 10.1. The zero-order valence-corrected chi connectivity index (χ0v) is 8.12. The van der Waals surface area contributed by atoms with Crippen molar-refractivity contribution in [1.82, 2.24) is 0 Å². The summed E-state index contributed by atoms with van der Waals surface area (Å²) in [6, 6.07) is 5.39. The van der Waals surface area contributed by atoms with Crippen molar-refractivity contribution in [2.75, 3.05) is 5.73 Å². The molecule has 0 bridgehead atoms. The lowest BCUT2D eigenvalue weighted by molar-refractivity contribution is -0.140. The number of hydrogen-bond acceptors (Lipinski definition) is 3. The van der Waals surface area contributed by atoms with Crippen LogP contribution in [0, 0.1) is 5.92 Å². The molecule has 1 aliphatic rings. The van der Waals surface area contributed by atoms with Crippen molar-refractivity contribution in [1.29, 1.82) is 0 Å². The molecule has 1 unspecified atom stereocenters. The third-order valence-corrected chi connectivity index (χ3v) is 2.59. The Labute approximate surface area is 82.9 Å². The Kier molecular flexibility index (Phi) is 2.15. The first-order valence-electron chi connectivity index (χ1n) is 4.80. The second kappa shape index (κ2) is 3.33. The molecule has 1 aromatic carbocycles. The van der Waals surface area contributed by atoms with Gasteiger partial charge < -0.3 is 10.5 Å². The van der Waals surface area contributed by atoms with E-state index in [9.17, 15) is 4.79 Å². The molecule has 3 heteroatoms. The van der Waals surface area contributed by atoms with Crippen molar-refractivity contribution in [3.05, 3.63) is 23.8 Å². The van der Waals surface area contributed by atoms with Crippen LogP contribution in [0.3, 0.4) is 0 Å². The Bertz CT molecular complexity index is 374. The topological polar surface area (TPSA) is 52.3 Å². The fourth-order valence-electron chi connectivity index (χ4n) is 1.71. The van der Waals surface area contributed by atoms with Gasteiger partial charge in [-0.25, -0.2) is 0 Å². The van der Waals surface area contributed by atoms with Crippen LogP contribution >= 0.6 is 0 Å². The van der Waals surface area contributed by atoms with Gasteiger partial charge in [0.1, 0.15) is 5.75 Å². The van der Waals surface area contributed by atoms with E-state index in [4.69, 9.17) is 10.5 Å². The van der Waals surface area contributed by atoms with Crippen molar-refractivity contribution < 1.29 is 9.53 Å². The highest BCUT2D eigenvalue weighted by molar-refractivity contribution is 5.78. The molecule has 0 aromatic heterocycles. The summed E-state index contributed by atoms with van der Waals surface area (Å²) >= 11 is 0. The van der Waals surface area contributed by atoms with Crippen LogP contribution in [0.4, 0.5) is 5.69 Å². The van der Waals surface area contributed by atoms with Crippen LogP contribution in [0.15, 0.2) is 18.2 Å². The summed E-state index contributed by atoms with van der Waals surface area (Å²) in [5.41, 5.74) is 7.42. The molecule has 0 radical (unpaired) electrons. The third kappa shape index (κ3) is 1.45. The highest BCUT2D eigenvalue weighted by Gasteiger charge is 2.26. The van der Waals surface area contributed by atoms with Crippen LogP contribution in [0.25, 0.3) is 0 Å². The molecule has 1 heterocycles. The van der Waals surface area contributed by atoms with Crippen LogP contribution in [0.1, 0.15) is 18.9 Å². The van der Waals surface area contributed by atoms with Gasteiger partial charge in [-0.15, -0.1) is 0 Å². The zero-order valence-electron chi connectivity index (χ0n) is 8.12. The van der Waals surface area contributed by atoms with Gasteiger partial charge in [-0.1, -0.05) is 6.92 Å². The number of anilines is 1. The molecule has 3 nitrogen and oxygen atoms in total. The number of esters is 1. The summed E-state index contributed by atoms with van der Waals surface area (Å²) in [6.45, 7) is 1.99. The van der Waals surface area contributed by atoms with Crippen molar-refractivity contribution in [2.45, 2.75) is 19.8 Å². The summed E-state index contributed by atoms with van der Waals surface area (Å²) in [5.74, 6) is 0.531. The number of carbonyl (C=O) groups is 1. The van der Waals surface area contributed by atoms with E-state index in [2.05, 4.69) is 0 Å². The van der Waals surface area contributed by atoms with Gasteiger partial charge in [-0.2, -0.15) is 0 Å². The maximum absolute atomic E-state index is 11.4. The predicted molar refractivity (Wildman–Crippen MR) is 54.0 cm³/mol. The number of fused-ring (bicyclic) bond motifs is 1. The van der Waals surface area contributed by atoms with Crippen LogP contribution in [0.5, 0.6) is 5.75 Å². The molecule has 2 rings (SSSR count). The fraction of sp³-hybridized carbons (Fsp3) is 0.364. The first-order chi connectivity index (χ1) is 6.70. The molecule has 1 atom stereocenters. The molecule has 0 saturated heterocycles. The van der Waals surface area contributed by atoms with Gasteiger partial charge in [-0.05, 0) is 36.6 Å². The number of nitrogen functional groups attached to an aromatic ring is 1. The van der Waals surface area contributed by atoms with E-state index < -0.39 is 0 Å². The molecule has 14 heavy (non-hydrogen) atoms. The number of nitrogens with two attached hydrogens (primary N) is 1. The minimum atomic E-state index is -0.121.